The first-order chi connectivity index (χ1) is 12.2. The fraction of sp³-hybridized carbons (Fsp3) is 0.182. The summed E-state index contributed by atoms with van der Waals surface area (Å²) in [6, 6.07) is 23.7. The molecular weight excluding hydrogens is 326 g/mol. The highest BCUT2D eigenvalue weighted by Gasteiger charge is 2.37. The van der Waals surface area contributed by atoms with Crippen molar-refractivity contribution in [1.82, 2.24) is 4.57 Å². The summed E-state index contributed by atoms with van der Waals surface area (Å²) in [7, 11) is 0. The Kier molecular flexibility index (Phi) is 3.16. The second-order valence-electron chi connectivity index (χ2n) is 6.79. The molecule has 1 aromatic heterocycles. The van der Waals surface area contributed by atoms with E-state index in [2.05, 4.69) is 84.5 Å². The summed E-state index contributed by atoms with van der Waals surface area (Å²) in [5, 5.41) is 3.75. The third-order valence-corrected chi connectivity index (χ3v) is 5.90. The Balaban J connectivity index is 1.93. The van der Waals surface area contributed by atoms with E-state index in [0.717, 1.165) is 11.5 Å². The van der Waals surface area contributed by atoms with Gasteiger partial charge in [-0.15, -0.1) is 0 Å². The number of thioether (sulfide) groups is 1. The fourth-order valence-electron chi connectivity index (χ4n) is 4.09. The topological polar surface area (TPSA) is 14.2 Å². The molecule has 0 radical (unpaired) electrons. The molecule has 5 rings (SSSR count). The number of benzene rings is 3. The molecule has 0 saturated carbocycles. The van der Waals surface area contributed by atoms with Gasteiger partial charge in [0.1, 0.15) is 5.75 Å². The minimum Gasteiger partial charge on any atom is -0.466 e. The van der Waals surface area contributed by atoms with Crippen molar-refractivity contribution in [3.8, 4) is 17.0 Å². The Hall–Kier alpha value is -2.39. The monoisotopic (exact) mass is 345 g/mol. The number of para-hydroxylation sites is 1. The van der Waals surface area contributed by atoms with Crippen molar-refractivity contribution in [3.63, 3.8) is 0 Å². The summed E-state index contributed by atoms with van der Waals surface area (Å²) < 4.78 is 8.99. The van der Waals surface area contributed by atoms with E-state index in [1.807, 2.05) is 11.8 Å². The van der Waals surface area contributed by atoms with Gasteiger partial charge in [0.05, 0.1) is 17.0 Å². The summed E-state index contributed by atoms with van der Waals surface area (Å²) in [5.41, 5.74) is 3.28. The van der Waals surface area contributed by atoms with Crippen LogP contribution in [0.15, 0.2) is 66.7 Å². The van der Waals surface area contributed by atoms with Gasteiger partial charge in [-0.05, 0) is 42.2 Å². The molecule has 1 aliphatic rings. The van der Waals surface area contributed by atoms with Crippen LogP contribution >= 0.6 is 11.8 Å². The molecule has 0 saturated heterocycles. The lowest BCUT2D eigenvalue weighted by molar-refractivity contribution is 0.0369. The zero-order valence-corrected chi connectivity index (χ0v) is 15.1. The van der Waals surface area contributed by atoms with E-state index in [0.29, 0.717) is 0 Å². The first-order valence-electron chi connectivity index (χ1n) is 8.52. The minimum atomic E-state index is -0.396. The molecule has 3 heteroatoms. The Morgan fingerprint density at radius 3 is 2.56 bits per heavy atom. The van der Waals surface area contributed by atoms with Gasteiger partial charge in [-0.3, -0.25) is 0 Å². The van der Waals surface area contributed by atoms with Gasteiger partial charge in [-0.25, -0.2) is 0 Å². The van der Waals surface area contributed by atoms with Gasteiger partial charge in [0.15, 0.2) is 5.72 Å². The summed E-state index contributed by atoms with van der Waals surface area (Å²) in [5.74, 6) is 1.87. The molecular formula is C22H19NOS. The lowest BCUT2D eigenvalue weighted by Crippen LogP contribution is -2.41. The quantitative estimate of drug-likeness (QED) is 0.450. The van der Waals surface area contributed by atoms with Crippen LogP contribution in [-0.4, -0.2) is 16.6 Å². The maximum Gasteiger partial charge on any atom is 0.193 e. The third-order valence-electron chi connectivity index (χ3n) is 5.07. The van der Waals surface area contributed by atoms with Gasteiger partial charge in [0.25, 0.3) is 0 Å². The minimum absolute atomic E-state index is 0.396. The van der Waals surface area contributed by atoms with Crippen LogP contribution in [0.3, 0.4) is 0 Å². The van der Waals surface area contributed by atoms with E-state index in [9.17, 15) is 0 Å². The number of fused-ring (bicyclic) bond motifs is 7. The van der Waals surface area contributed by atoms with Crippen LogP contribution in [0, 0.1) is 0 Å². The zero-order valence-electron chi connectivity index (χ0n) is 14.3. The first kappa shape index (κ1) is 14.9. The molecule has 2 nitrogen and oxygen atoms in total. The lowest BCUT2D eigenvalue weighted by Gasteiger charge is -2.39. The number of ether oxygens (including phenoxy) is 1. The van der Waals surface area contributed by atoms with Crippen molar-refractivity contribution >= 4 is 33.4 Å². The molecule has 0 bridgehead atoms. The van der Waals surface area contributed by atoms with Gasteiger partial charge in [-0.1, -0.05) is 48.5 Å². The molecule has 0 spiro atoms. The van der Waals surface area contributed by atoms with Crippen LogP contribution in [0.2, 0.25) is 0 Å². The SMILES string of the molecule is CSCC1(C)Oc2ccc3ccccc3c2-c2cc3ccccc3n21. The number of hydrogen-bond acceptors (Lipinski definition) is 2. The second kappa shape index (κ2) is 5.30. The maximum atomic E-state index is 6.60. The zero-order chi connectivity index (χ0) is 17.0. The van der Waals surface area contributed by atoms with E-state index in [4.69, 9.17) is 4.74 Å². The smallest absolute Gasteiger partial charge is 0.193 e. The third kappa shape index (κ3) is 2.05. The van der Waals surface area contributed by atoms with Crippen molar-refractivity contribution in [1.29, 1.82) is 0 Å². The van der Waals surface area contributed by atoms with E-state index in [-0.39, 0.29) is 0 Å². The largest absolute Gasteiger partial charge is 0.466 e. The standard InChI is InChI=1S/C22H19NOS/c1-22(14-25-2)23-18-10-6-4-8-16(18)13-19(23)21-17-9-5-3-7-15(17)11-12-20(21)24-22/h3-13H,14H2,1-2H3. The van der Waals surface area contributed by atoms with Gasteiger partial charge < -0.3 is 9.30 Å². The van der Waals surface area contributed by atoms with Crippen LogP contribution in [0.5, 0.6) is 5.75 Å². The highest BCUT2D eigenvalue weighted by Crippen LogP contribution is 2.48. The lowest BCUT2D eigenvalue weighted by atomic mass is 9.99. The van der Waals surface area contributed by atoms with E-state index >= 15 is 0 Å². The van der Waals surface area contributed by atoms with Gasteiger partial charge in [-0.2, -0.15) is 11.8 Å². The second-order valence-corrected chi connectivity index (χ2v) is 7.66. The average Bonchev–Trinajstić information content (AvgIpc) is 3.02. The van der Waals surface area contributed by atoms with E-state index in [1.165, 1.54) is 32.9 Å². The Morgan fingerprint density at radius 1 is 0.960 bits per heavy atom. The average molecular weight is 345 g/mol. The maximum absolute atomic E-state index is 6.60. The first-order valence-corrected chi connectivity index (χ1v) is 9.92. The van der Waals surface area contributed by atoms with Crippen molar-refractivity contribution in [2.24, 2.45) is 0 Å². The highest BCUT2D eigenvalue weighted by molar-refractivity contribution is 7.98. The molecule has 25 heavy (non-hydrogen) atoms. The van der Waals surface area contributed by atoms with Crippen molar-refractivity contribution in [2.75, 3.05) is 12.0 Å². The number of nitrogens with zero attached hydrogens (tertiary/aromatic N) is 1. The molecule has 0 fully saturated rings. The highest BCUT2D eigenvalue weighted by atomic mass is 32.2. The van der Waals surface area contributed by atoms with Crippen LogP contribution in [-0.2, 0) is 5.72 Å². The Bertz CT molecular complexity index is 1110. The summed E-state index contributed by atoms with van der Waals surface area (Å²) in [6.07, 6.45) is 2.13. The molecule has 3 aromatic carbocycles. The summed E-state index contributed by atoms with van der Waals surface area (Å²) in [6.45, 7) is 2.19. The number of hydrogen-bond donors (Lipinski definition) is 0. The predicted octanol–water partition coefficient (Wildman–Crippen LogP) is 5.89. The Labute approximate surface area is 151 Å². The summed E-state index contributed by atoms with van der Waals surface area (Å²) >= 11 is 1.81. The molecule has 4 aromatic rings. The molecule has 1 atom stereocenters. The number of rotatable bonds is 2. The number of aromatic nitrogens is 1. The van der Waals surface area contributed by atoms with Crippen molar-refractivity contribution in [3.05, 3.63) is 66.7 Å². The normalized spacial score (nSPS) is 18.8. The van der Waals surface area contributed by atoms with Crippen LogP contribution in [0.1, 0.15) is 6.92 Å². The molecule has 2 heterocycles. The Morgan fingerprint density at radius 2 is 1.72 bits per heavy atom. The molecule has 0 amide bonds. The molecule has 1 aliphatic heterocycles. The summed E-state index contributed by atoms with van der Waals surface area (Å²) in [4.78, 5) is 0. The fourth-order valence-corrected chi connectivity index (χ4v) is 4.82. The van der Waals surface area contributed by atoms with Gasteiger partial charge >= 0.3 is 0 Å². The van der Waals surface area contributed by atoms with Crippen molar-refractivity contribution < 1.29 is 4.74 Å². The van der Waals surface area contributed by atoms with Gasteiger partial charge in [0.2, 0.25) is 0 Å². The van der Waals surface area contributed by atoms with Crippen LogP contribution in [0.25, 0.3) is 32.9 Å². The van der Waals surface area contributed by atoms with Gasteiger partial charge in [0, 0.05) is 10.9 Å². The van der Waals surface area contributed by atoms with Crippen LogP contribution < -0.4 is 4.74 Å². The van der Waals surface area contributed by atoms with E-state index < -0.39 is 5.72 Å². The van der Waals surface area contributed by atoms with Crippen molar-refractivity contribution in [2.45, 2.75) is 12.6 Å². The predicted molar refractivity (Wildman–Crippen MR) is 108 cm³/mol. The van der Waals surface area contributed by atoms with Crippen LogP contribution in [0.4, 0.5) is 0 Å². The molecule has 0 N–H and O–H groups in total. The molecule has 124 valence electrons. The van der Waals surface area contributed by atoms with E-state index in [1.54, 1.807) is 0 Å². The molecule has 0 aliphatic carbocycles. The molecule has 1 unspecified atom stereocenters.